The zero-order valence-corrected chi connectivity index (χ0v) is 17.2. The molecule has 0 amide bonds. The highest BCUT2D eigenvalue weighted by Crippen LogP contribution is 2.18. The van der Waals surface area contributed by atoms with E-state index in [1.165, 1.54) is 12.8 Å². The Labute approximate surface area is 168 Å². The highest BCUT2D eigenvalue weighted by molar-refractivity contribution is 5.79. The smallest absolute Gasteiger partial charge is 0.213 e. The molecule has 1 aromatic heterocycles. The minimum Gasteiger partial charge on any atom is -0.478 e. The molecule has 0 aliphatic carbocycles. The van der Waals surface area contributed by atoms with Crippen molar-refractivity contribution in [1.82, 2.24) is 15.2 Å². The van der Waals surface area contributed by atoms with Gasteiger partial charge in [-0.2, -0.15) is 0 Å². The maximum absolute atomic E-state index is 6.12. The number of hydrogen-bond donors (Lipinski definition) is 1. The van der Waals surface area contributed by atoms with Gasteiger partial charge in [0, 0.05) is 45.6 Å². The molecule has 156 valence electrons. The summed E-state index contributed by atoms with van der Waals surface area (Å²) < 4.78 is 17.4. The molecule has 7 heteroatoms. The fourth-order valence-corrected chi connectivity index (χ4v) is 3.72. The molecule has 0 saturated carbocycles. The van der Waals surface area contributed by atoms with Crippen LogP contribution in [-0.4, -0.2) is 68.0 Å². The third-order valence-corrected chi connectivity index (χ3v) is 5.29. The van der Waals surface area contributed by atoms with Gasteiger partial charge in [0.25, 0.3) is 0 Å². The zero-order valence-electron chi connectivity index (χ0n) is 17.2. The minimum absolute atomic E-state index is 0.295. The monoisotopic (exact) mass is 390 g/mol. The van der Waals surface area contributed by atoms with Gasteiger partial charge >= 0.3 is 0 Å². The van der Waals surface area contributed by atoms with Gasteiger partial charge in [0.05, 0.1) is 25.4 Å². The van der Waals surface area contributed by atoms with E-state index in [0.29, 0.717) is 31.2 Å². The fraction of sp³-hybridized carbons (Fsp3) is 0.714. The molecule has 2 fully saturated rings. The number of piperidine rings is 1. The maximum Gasteiger partial charge on any atom is 0.213 e. The first-order chi connectivity index (χ1) is 13.8. The highest BCUT2D eigenvalue weighted by atomic mass is 16.5. The Kier molecular flexibility index (Phi) is 8.36. The average molecular weight is 391 g/mol. The van der Waals surface area contributed by atoms with Crippen LogP contribution in [0.4, 0.5) is 0 Å². The second kappa shape index (κ2) is 11.2. The number of aromatic nitrogens is 1. The summed E-state index contributed by atoms with van der Waals surface area (Å²) >= 11 is 0. The van der Waals surface area contributed by atoms with E-state index in [4.69, 9.17) is 14.2 Å². The Balaban J connectivity index is 1.40. The van der Waals surface area contributed by atoms with Crippen LogP contribution < -0.4 is 10.1 Å². The molecule has 0 bridgehead atoms. The van der Waals surface area contributed by atoms with Gasteiger partial charge in [-0.1, -0.05) is 0 Å². The Hall–Kier alpha value is -1.86. The van der Waals surface area contributed by atoms with Crippen LogP contribution in [0.15, 0.2) is 23.3 Å². The molecule has 1 N–H and O–H groups in total. The lowest BCUT2D eigenvalue weighted by molar-refractivity contribution is -0.0721. The van der Waals surface area contributed by atoms with E-state index < -0.39 is 0 Å². The second-order valence-electron chi connectivity index (χ2n) is 7.34. The molecule has 2 aliphatic heterocycles. The first-order valence-corrected chi connectivity index (χ1v) is 10.5. The van der Waals surface area contributed by atoms with Crippen molar-refractivity contribution in [2.45, 2.75) is 57.8 Å². The molecule has 1 aromatic rings. The minimum atomic E-state index is 0.295. The molecule has 0 aromatic carbocycles. The first-order valence-electron chi connectivity index (χ1n) is 10.5. The summed E-state index contributed by atoms with van der Waals surface area (Å²) in [6.07, 6.45) is 8.04. The molecule has 3 heterocycles. The Morgan fingerprint density at radius 3 is 2.89 bits per heavy atom. The Bertz CT molecular complexity index is 611. The van der Waals surface area contributed by atoms with Crippen LogP contribution in [0.25, 0.3) is 0 Å². The molecule has 0 spiro atoms. The van der Waals surface area contributed by atoms with Gasteiger partial charge in [0.1, 0.15) is 0 Å². The highest BCUT2D eigenvalue weighted by Gasteiger charge is 2.23. The van der Waals surface area contributed by atoms with Gasteiger partial charge in [-0.15, -0.1) is 0 Å². The van der Waals surface area contributed by atoms with E-state index in [0.717, 1.165) is 57.1 Å². The van der Waals surface area contributed by atoms with E-state index in [1.54, 1.807) is 6.20 Å². The van der Waals surface area contributed by atoms with Gasteiger partial charge in [0.15, 0.2) is 5.96 Å². The van der Waals surface area contributed by atoms with Gasteiger partial charge in [-0.3, -0.25) is 4.99 Å². The number of nitrogens with one attached hydrogen (secondary N) is 1. The average Bonchev–Trinajstić information content (AvgIpc) is 2.75. The van der Waals surface area contributed by atoms with Gasteiger partial charge in [0.2, 0.25) is 5.88 Å². The van der Waals surface area contributed by atoms with Crippen LogP contribution in [0.5, 0.6) is 5.88 Å². The first kappa shape index (κ1) is 20.9. The number of pyridine rings is 1. The molecule has 1 unspecified atom stereocenters. The SMILES string of the molecule is CCOc1cc(CNC(=NC)N2CCC(OCC3CCCCO3)CC2)ccn1. The number of hydrogen-bond acceptors (Lipinski definition) is 5. The van der Waals surface area contributed by atoms with E-state index >= 15 is 0 Å². The van der Waals surface area contributed by atoms with Crippen LogP contribution in [0.2, 0.25) is 0 Å². The number of ether oxygens (including phenoxy) is 3. The van der Waals surface area contributed by atoms with Crippen LogP contribution in [0.1, 0.15) is 44.6 Å². The topological polar surface area (TPSA) is 68.2 Å². The Morgan fingerprint density at radius 2 is 2.18 bits per heavy atom. The molecular formula is C21H34N4O3. The third-order valence-electron chi connectivity index (χ3n) is 5.29. The summed E-state index contributed by atoms with van der Waals surface area (Å²) in [6.45, 7) is 6.82. The normalized spacial score (nSPS) is 21.6. The lowest BCUT2D eigenvalue weighted by atomic mass is 10.1. The molecule has 2 saturated heterocycles. The molecule has 2 aliphatic rings. The summed E-state index contributed by atoms with van der Waals surface area (Å²) in [5.74, 6) is 1.60. The van der Waals surface area contributed by atoms with Crippen molar-refractivity contribution in [2.75, 3.05) is 40.0 Å². The molecule has 0 radical (unpaired) electrons. The van der Waals surface area contributed by atoms with E-state index in [2.05, 4.69) is 20.2 Å². The third kappa shape index (κ3) is 6.34. The van der Waals surface area contributed by atoms with Crippen LogP contribution in [0, 0.1) is 0 Å². The second-order valence-corrected chi connectivity index (χ2v) is 7.34. The summed E-state index contributed by atoms with van der Waals surface area (Å²) in [5, 5.41) is 3.46. The number of aliphatic imine (C=N–C) groups is 1. The lowest BCUT2D eigenvalue weighted by Crippen LogP contribution is -2.47. The maximum atomic E-state index is 6.12. The van der Waals surface area contributed by atoms with E-state index in [9.17, 15) is 0 Å². The number of nitrogens with zero attached hydrogens (tertiary/aromatic N) is 3. The number of rotatable bonds is 7. The van der Waals surface area contributed by atoms with E-state index in [-0.39, 0.29) is 0 Å². The van der Waals surface area contributed by atoms with Crippen LogP contribution in [0.3, 0.4) is 0 Å². The summed E-state index contributed by atoms with van der Waals surface area (Å²) in [5.41, 5.74) is 1.13. The van der Waals surface area contributed by atoms with Gasteiger partial charge in [-0.25, -0.2) is 4.98 Å². The van der Waals surface area contributed by atoms with Crippen molar-refractivity contribution in [2.24, 2.45) is 4.99 Å². The van der Waals surface area contributed by atoms with Crippen molar-refractivity contribution in [3.8, 4) is 5.88 Å². The number of likely N-dealkylation sites (tertiary alicyclic amines) is 1. The lowest BCUT2D eigenvalue weighted by Gasteiger charge is -2.35. The van der Waals surface area contributed by atoms with Gasteiger partial charge < -0.3 is 24.4 Å². The fourth-order valence-electron chi connectivity index (χ4n) is 3.72. The predicted octanol–water partition coefficient (Wildman–Crippen LogP) is 2.61. The van der Waals surface area contributed by atoms with Crippen molar-refractivity contribution in [3.05, 3.63) is 23.9 Å². The molecule has 28 heavy (non-hydrogen) atoms. The predicted molar refractivity (Wildman–Crippen MR) is 110 cm³/mol. The Morgan fingerprint density at radius 1 is 1.32 bits per heavy atom. The quantitative estimate of drug-likeness (QED) is 0.570. The molecular weight excluding hydrogens is 356 g/mol. The molecule has 3 rings (SSSR count). The molecule has 1 atom stereocenters. The van der Waals surface area contributed by atoms with Gasteiger partial charge in [-0.05, 0) is 50.7 Å². The van der Waals surface area contributed by atoms with E-state index in [1.807, 2.05) is 26.1 Å². The van der Waals surface area contributed by atoms with Crippen molar-refractivity contribution in [3.63, 3.8) is 0 Å². The largest absolute Gasteiger partial charge is 0.478 e. The summed E-state index contributed by atoms with van der Waals surface area (Å²) in [7, 11) is 1.84. The summed E-state index contributed by atoms with van der Waals surface area (Å²) in [6, 6.07) is 3.97. The number of guanidine groups is 1. The van der Waals surface area contributed by atoms with Crippen LogP contribution >= 0.6 is 0 Å². The van der Waals surface area contributed by atoms with Crippen molar-refractivity contribution in [1.29, 1.82) is 0 Å². The molecule has 7 nitrogen and oxygen atoms in total. The summed E-state index contributed by atoms with van der Waals surface area (Å²) in [4.78, 5) is 11.0. The zero-order chi connectivity index (χ0) is 19.6. The standard InChI is InChI=1S/C21H34N4O3/c1-3-26-20-14-17(7-10-23-20)15-24-21(22-2)25-11-8-18(9-12-25)28-16-19-6-4-5-13-27-19/h7,10,14,18-19H,3-6,8-9,11-13,15-16H2,1-2H3,(H,22,24). The van der Waals surface area contributed by atoms with Crippen LogP contribution in [-0.2, 0) is 16.0 Å². The van der Waals surface area contributed by atoms with Crippen molar-refractivity contribution >= 4 is 5.96 Å². The van der Waals surface area contributed by atoms with Crippen molar-refractivity contribution < 1.29 is 14.2 Å².